The molecule has 2 heteroatoms. The predicted octanol–water partition coefficient (Wildman–Crippen LogP) is 12.8. The fourth-order valence-electron chi connectivity index (χ4n) is 8.20. The zero-order valence-corrected chi connectivity index (χ0v) is 29.2. The Kier molecular flexibility index (Phi) is 6.31. The van der Waals surface area contributed by atoms with Gasteiger partial charge in [0.05, 0.1) is 0 Å². The Morgan fingerprint density at radius 2 is 1.10 bits per heavy atom. The van der Waals surface area contributed by atoms with Gasteiger partial charge in [-0.2, -0.15) is 0 Å². The van der Waals surface area contributed by atoms with E-state index in [1.807, 2.05) is 0 Å². The van der Waals surface area contributed by atoms with E-state index in [0.29, 0.717) is 0 Å². The van der Waals surface area contributed by atoms with E-state index in [-0.39, 0.29) is 19.9 Å². The first-order valence-corrected chi connectivity index (χ1v) is 18.7. The molecule has 0 N–H and O–H groups in total. The summed E-state index contributed by atoms with van der Waals surface area (Å²) in [6, 6.07) is 60.9. The van der Waals surface area contributed by atoms with Gasteiger partial charge in [0.2, 0.25) is 0 Å². The molecule has 0 unspecified atom stereocenters. The number of anilines is 3. The van der Waals surface area contributed by atoms with Gasteiger partial charge in [-0.3, -0.25) is 0 Å². The van der Waals surface area contributed by atoms with Crippen molar-refractivity contribution in [1.82, 2.24) is 0 Å². The maximum atomic E-state index is 2.51. The van der Waals surface area contributed by atoms with Crippen LogP contribution in [-0.4, -0.2) is 14.5 Å². The van der Waals surface area contributed by atoms with Crippen molar-refractivity contribution < 1.29 is 0 Å². The molecule has 10 rings (SSSR count). The number of hydrogen-bond acceptors (Lipinski definition) is 1. The number of rotatable bonds is 4. The van der Waals surface area contributed by atoms with Gasteiger partial charge >= 0.3 is 294 Å². The molecule has 0 amide bonds. The molecule has 8 aromatic carbocycles. The summed E-state index contributed by atoms with van der Waals surface area (Å²) in [6.07, 6.45) is 0. The molecule has 1 heterocycles. The zero-order chi connectivity index (χ0) is 32.7. The Morgan fingerprint density at radius 1 is 0.449 bits per heavy atom. The summed E-state index contributed by atoms with van der Waals surface area (Å²) in [7, 11) is 0. The fraction of sp³-hybridized carbons (Fsp3) is 0.0638. The first-order valence-electron chi connectivity index (χ1n) is 17.0. The molecule has 1 nitrogen and oxygen atoms in total. The summed E-state index contributed by atoms with van der Waals surface area (Å²) in [5.74, 6) is 0. The SMILES string of the molecule is CC1(C)c2ccccc2-c2ccc(N(c3ccc(-c4ccccc4)cc3)c3cccc4c3[se]c3c4ccc4ccc5ccccc5c43)cc21. The van der Waals surface area contributed by atoms with Gasteiger partial charge in [0, 0.05) is 0 Å². The van der Waals surface area contributed by atoms with Gasteiger partial charge in [-0.05, 0) is 0 Å². The topological polar surface area (TPSA) is 3.24 Å². The van der Waals surface area contributed by atoms with Crippen molar-refractivity contribution in [1.29, 1.82) is 0 Å². The fourth-order valence-corrected chi connectivity index (χ4v) is 11.1. The molecular weight excluding hydrogens is 657 g/mol. The minimum absolute atomic E-state index is 0.0798. The van der Waals surface area contributed by atoms with Crippen LogP contribution in [0.15, 0.2) is 164 Å². The van der Waals surface area contributed by atoms with Gasteiger partial charge in [0.25, 0.3) is 0 Å². The van der Waals surface area contributed by atoms with E-state index in [1.165, 1.54) is 91.3 Å². The zero-order valence-electron chi connectivity index (χ0n) is 27.4. The van der Waals surface area contributed by atoms with E-state index in [9.17, 15) is 0 Å². The van der Waals surface area contributed by atoms with Gasteiger partial charge in [0.15, 0.2) is 0 Å². The van der Waals surface area contributed by atoms with Crippen molar-refractivity contribution in [3.8, 4) is 22.3 Å². The van der Waals surface area contributed by atoms with Crippen LogP contribution < -0.4 is 4.90 Å². The van der Waals surface area contributed by atoms with E-state index in [2.05, 4.69) is 183 Å². The molecule has 0 bridgehead atoms. The van der Waals surface area contributed by atoms with Crippen LogP contribution in [0.5, 0.6) is 0 Å². The molecule has 0 aliphatic heterocycles. The van der Waals surface area contributed by atoms with Crippen LogP contribution in [0.3, 0.4) is 0 Å². The Morgan fingerprint density at radius 3 is 1.98 bits per heavy atom. The van der Waals surface area contributed by atoms with Crippen LogP contribution in [0.4, 0.5) is 17.1 Å². The van der Waals surface area contributed by atoms with Crippen LogP contribution in [0.25, 0.3) is 63.1 Å². The average Bonchev–Trinajstić information content (AvgIpc) is 3.65. The summed E-state index contributed by atoms with van der Waals surface area (Å²) in [6.45, 7) is 4.74. The van der Waals surface area contributed by atoms with E-state index < -0.39 is 0 Å². The summed E-state index contributed by atoms with van der Waals surface area (Å²) in [5, 5.41) is 8.13. The summed E-state index contributed by atoms with van der Waals surface area (Å²) in [5.41, 5.74) is 11.5. The molecule has 0 fully saturated rings. The van der Waals surface area contributed by atoms with Crippen molar-refractivity contribution in [2.24, 2.45) is 0 Å². The van der Waals surface area contributed by atoms with Crippen molar-refractivity contribution in [3.63, 3.8) is 0 Å². The van der Waals surface area contributed by atoms with Crippen LogP contribution >= 0.6 is 0 Å². The first kappa shape index (κ1) is 28.6. The molecule has 0 atom stereocenters. The Labute approximate surface area is 292 Å². The van der Waals surface area contributed by atoms with Crippen molar-refractivity contribution in [2.75, 3.05) is 4.90 Å². The normalized spacial score (nSPS) is 13.3. The molecule has 0 saturated heterocycles. The molecule has 0 radical (unpaired) electrons. The third-order valence-corrected chi connectivity index (χ3v) is 13.3. The quantitative estimate of drug-likeness (QED) is 0.131. The van der Waals surface area contributed by atoms with Crippen LogP contribution in [-0.2, 0) is 5.41 Å². The number of benzene rings is 8. The number of hydrogen-bond donors (Lipinski definition) is 0. The molecule has 9 aromatic rings. The van der Waals surface area contributed by atoms with Crippen molar-refractivity contribution >= 4 is 72.4 Å². The van der Waals surface area contributed by atoms with E-state index >= 15 is 0 Å². The van der Waals surface area contributed by atoms with Crippen LogP contribution in [0.1, 0.15) is 25.0 Å². The Hall–Kier alpha value is -5.40. The van der Waals surface area contributed by atoms with Crippen LogP contribution in [0, 0.1) is 0 Å². The Bertz CT molecular complexity index is 2730. The number of nitrogens with zero attached hydrogens (tertiary/aromatic N) is 1. The second-order valence-corrected chi connectivity index (χ2v) is 15.9. The summed E-state index contributed by atoms with van der Waals surface area (Å²) < 4.78 is 2.94. The first-order chi connectivity index (χ1) is 24.1. The molecule has 49 heavy (non-hydrogen) atoms. The maximum absolute atomic E-state index is 2.51. The average molecular weight is 691 g/mol. The molecule has 1 aromatic heterocycles. The van der Waals surface area contributed by atoms with Gasteiger partial charge in [0.1, 0.15) is 0 Å². The molecule has 0 spiro atoms. The van der Waals surface area contributed by atoms with E-state index in [0.717, 1.165) is 0 Å². The second kappa shape index (κ2) is 10.8. The predicted molar refractivity (Wildman–Crippen MR) is 211 cm³/mol. The summed E-state index contributed by atoms with van der Waals surface area (Å²) >= 11 is 0.124. The third-order valence-electron chi connectivity index (χ3n) is 10.6. The molecule has 232 valence electrons. The standard InChI is InChI=1S/C47H33NSe/c1-47(2)41-17-9-8-15-37(41)38-28-26-35(29-42(38)47)48(34-24-21-31(22-25-34)30-11-4-3-5-12-30)43-18-10-16-39-40-27-23-33-20-19-32-13-6-7-14-36(32)44(33)46(40)49-45(39)43/h3-29H,1-2H3. The van der Waals surface area contributed by atoms with E-state index in [1.54, 1.807) is 0 Å². The Balaban J connectivity index is 1.22. The van der Waals surface area contributed by atoms with Gasteiger partial charge in [-0.1, -0.05) is 0 Å². The van der Waals surface area contributed by atoms with Crippen LogP contribution in [0.2, 0.25) is 0 Å². The molecular formula is C47H33NSe. The van der Waals surface area contributed by atoms with E-state index in [4.69, 9.17) is 0 Å². The molecule has 0 saturated carbocycles. The third kappa shape index (κ3) is 4.31. The molecule has 1 aliphatic carbocycles. The van der Waals surface area contributed by atoms with Crippen molar-refractivity contribution in [3.05, 3.63) is 175 Å². The number of fused-ring (bicyclic) bond motifs is 10. The van der Waals surface area contributed by atoms with Gasteiger partial charge in [-0.15, -0.1) is 0 Å². The minimum atomic E-state index is -0.0798. The monoisotopic (exact) mass is 691 g/mol. The van der Waals surface area contributed by atoms with Crippen molar-refractivity contribution in [2.45, 2.75) is 19.3 Å². The second-order valence-electron chi connectivity index (χ2n) is 13.7. The van der Waals surface area contributed by atoms with Gasteiger partial charge < -0.3 is 0 Å². The van der Waals surface area contributed by atoms with Gasteiger partial charge in [-0.25, -0.2) is 0 Å². The summed E-state index contributed by atoms with van der Waals surface area (Å²) in [4.78, 5) is 2.51. The molecule has 1 aliphatic rings.